The van der Waals surface area contributed by atoms with Gasteiger partial charge in [0.2, 0.25) is 5.91 Å². The third-order valence-corrected chi connectivity index (χ3v) is 2.76. The molecule has 0 radical (unpaired) electrons. The molecule has 3 nitrogen and oxygen atoms in total. The van der Waals surface area contributed by atoms with E-state index in [4.69, 9.17) is 0 Å². The van der Waals surface area contributed by atoms with Gasteiger partial charge in [-0.1, -0.05) is 0 Å². The number of carbonyl (C=O) groups excluding carboxylic acids is 1. The van der Waals surface area contributed by atoms with Gasteiger partial charge in [-0.05, 0) is 19.3 Å². The second-order valence-electron chi connectivity index (χ2n) is 3.45. The summed E-state index contributed by atoms with van der Waals surface area (Å²) in [4.78, 5) is 15.4. The van der Waals surface area contributed by atoms with Crippen molar-refractivity contribution in [2.45, 2.75) is 25.4 Å². The van der Waals surface area contributed by atoms with Gasteiger partial charge in [0.1, 0.15) is 0 Å². The first-order valence-electron chi connectivity index (χ1n) is 4.29. The molecule has 62 valence electrons. The Morgan fingerprint density at radius 2 is 2.27 bits per heavy atom. The summed E-state index contributed by atoms with van der Waals surface area (Å²) in [7, 11) is 1.92. The van der Waals surface area contributed by atoms with Crippen LogP contribution in [-0.4, -0.2) is 42.0 Å². The Hall–Kier alpha value is -0.570. The molecule has 0 aromatic carbocycles. The summed E-state index contributed by atoms with van der Waals surface area (Å²) >= 11 is 0. The summed E-state index contributed by atoms with van der Waals surface area (Å²) in [5.74, 6) is 0.289. The lowest BCUT2D eigenvalue weighted by atomic mass is 10.1. The van der Waals surface area contributed by atoms with Crippen LogP contribution in [0, 0.1) is 0 Å². The standard InChI is InChI=1S/C8H14N2O/c1-9-7-4-2-3-5-10(7)6-8(9)11/h7H,2-6H2,1H3. The summed E-state index contributed by atoms with van der Waals surface area (Å²) in [6.45, 7) is 1.77. The fourth-order valence-electron chi connectivity index (χ4n) is 2.05. The normalized spacial score (nSPS) is 32.6. The number of hydrogen-bond acceptors (Lipinski definition) is 2. The van der Waals surface area contributed by atoms with E-state index in [1.54, 1.807) is 0 Å². The van der Waals surface area contributed by atoms with Gasteiger partial charge in [0.25, 0.3) is 0 Å². The molecule has 1 amide bonds. The molecule has 2 aliphatic heterocycles. The Kier molecular flexibility index (Phi) is 1.60. The van der Waals surface area contributed by atoms with Gasteiger partial charge in [-0.15, -0.1) is 0 Å². The lowest BCUT2D eigenvalue weighted by molar-refractivity contribution is -0.126. The maximum Gasteiger partial charge on any atom is 0.237 e. The maximum absolute atomic E-state index is 11.2. The van der Waals surface area contributed by atoms with Crippen LogP contribution in [0.25, 0.3) is 0 Å². The first kappa shape index (κ1) is 7.10. The second kappa shape index (κ2) is 2.48. The highest BCUT2D eigenvalue weighted by Crippen LogP contribution is 2.23. The monoisotopic (exact) mass is 154 g/mol. The first-order chi connectivity index (χ1) is 5.29. The number of hydrogen-bond donors (Lipinski definition) is 0. The largest absolute Gasteiger partial charge is 0.329 e. The zero-order valence-electron chi connectivity index (χ0n) is 6.92. The van der Waals surface area contributed by atoms with E-state index in [0.29, 0.717) is 12.7 Å². The van der Waals surface area contributed by atoms with Gasteiger partial charge in [0.15, 0.2) is 0 Å². The minimum Gasteiger partial charge on any atom is -0.329 e. The van der Waals surface area contributed by atoms with Crippen molar-refractivity contribution in [1.29, 1.82) is 0 Å². The molecule has 0 N–H and O–H groups in total. The molecule has 1 atom stereocenters. The van der Waals surface area contributed by atoms with Gasteiger partial charge in [0.05, 0.1) is 12.7 Å². The molecule has 3 heteroatoms. The van der Waals surface area contributed by atoms with Crippen LogP contribution in [0.2, 0.25) is 0 Å². The molecule has 1 unspecified atom stereocenters. The van der Waals surface area contributed by atoms with Crippen LogP contribution in [0.3, 0.4) is 0 Å². The molecule has 2 heterocycles. The van der Waals surface area contributed by atoms with Crippen molar-refractivity contribution in [2.24, 2.45) is 0 Å². The van der Waals surface area contributed by atoms with Crippen molar-refractivity contribution in [3.8, 4) is 0 Å². The van der Waals surface area contributed by atoms with Gasteiger partial charge in [0, 0.05) is 13.6 Å². The first-order valence-corrected chi connectivity index (χ1v) is 4.29. The van der Waals surface area contributed by atoms with Crippen LogP contribution < -0.4 is 0 Å². The van der Waals surface area contributed by atoms with Crippen molar-refractivity contribution in [3.63, 3.8) is 0 Å². The quantitative estimate of drug-likeness (QED) is 0.500. The molecule has 0 saturated carbocycles. The molecule has 2 saturated heterocycles. The minimum atomic E-state index is 0.289. The Labute approximate surface area is 67.0 Å². The van der Waals surface area contributed by atoms with Gasteiger partial charge < -0.3 is 4.90 Å². The molecule has 0 aromatic heterocycles. The molecule has 0 bridgehead atoms. The lowest BCUT2D eigenvalue weighted by Crippen LogP contribution is -2.40. The van der Waals surface area contributed by atoms with Gasteiger partial charge in [-0.25, -0.2) is 0 Å². The van der Waals surface area contributed by atoms with Crippen LogP contribution in [0.4, 0.5) is 0 Å². The summed E-state index contributed by atoms with van der Waals surface area (Å²) in [6.07, 6.45) is 4.13. The van der Waals surface area contributed by atoms with Crippen molar-refractivity contribution >= 4 is 5.91 Å². The predicted octanol–water partition coefficient (Wildman–Crippen LogP) is 0.270. The zero-order valence-corrected chi connectivity index (χ0v) is 6.92. The highest BCUT2D eigenvalue weighted by Gasteiger charge is 2.35. The van der Waals surface area contributed by atoms with Crippen molar-refractivity contribution in [2.75, 3.05) is 20.1 Å². The van der Waals surface area contributed by atoms with E-state index in [1.807, 2.05) is 11.9 Å². The molecular weight excluding hydrogens is 140 g/mol. The number of piperidine rings is 1. The highest BCUT2D eigenvalue weighted by atomic mass is 16.2. The van der Waals surface area contributed by atoms with Crippen LogP contribution in [0.5, 0.6) is 0 Å². The molecule has 0 spiro atoms. The average molecular weight is 154 g/mol. The molecular formula is C8H14N2O. The van der Waals surface area contributed by atoms with Crippen LogP contribution in [0.15, 0.2) is 0 Å². The third kappa shape index (κ3) is 1.03. The Balaban J connectivity index is 2.11. The zero-order chi connectivity index (χ0) is 7.84. The van der Waals surface area contributed by atoms with Gasteiger partial charge >= 0.3 is 0 Å². The summed E-state index contributed by atoms with van der Waals surface area (Å²) in [5, 5.41) is 0. The maximum atomic E-state index is 11.2. The smallest absolute Gasteiger partial charge is 0.237 e. The van der Waals surface area contributed by atoms with Crippen LogP contribution >= 0.6 is 0 Å². The number of carbonyl (C=O) groups is 1. The second-order valence-corrected chi connectivity index (χ2v) is 3.45. The van der Waals surface area contributed by atoms with Gasteiger partial charge in [-0.3, -0.25) is 9.69 Å². The summed E-state index contributed by atoms with van der Waals surface area (Å²) in [5.41, 5.74) is 0. The number of nitrogens with zero attached hydrogens (tertiary/aromatic N) is 2. The van der Waals surface area contributed by atoms with Crippen LogP contribution in [-0.2, 0) is 4.79 Å². The third-order valence-electron chi connectivity index (χ3n) is 2.76. The predicted molar refractivity (Wildman–Crippen MR) is 42.0 cm³/mol. The number of amides is 1. The lowest BCUT2D eigenvalue weighted by Gasteiger charge is -2.31. The van der Waals surface area contributed by atoms with Crippen molar-refractivity contribution < 1.29 is 4.79 Å². The number of likely N-dealkylation sites (N-methyl/N-ethyl adjacent to an activating group) is 1. The van der Waals surface area contributed by atoms with E-state index >= 15 is 0 Å². The molecule has 2 rings (SSSR count). The molecule has 2 aliphatic rings. The Morgan fingerprint density at radius 1 is 1.45 bits per heavy atom. The minimum absolute atomic E-state index is 0.289. The van der Waals surface area contributed by atoms with Crippen LogP contribution in [0.1, 0.15) is 19.3 Å². The Morgan fingerprint density at radius 3 is 3.00 bits per heavy atom. The van der Waals surface area contributed by atoms with Gasteiger partial charge in [-0.2, -0.15) is 0 Å². The van der Waals surface area contributed by atoms with E-state index in [9.17, 15) is 4.79 Å². The van der Waals surface area contributed by atoms with Crippen molar-refractivity contribution in [3.05, 3.63) is 0 Å². The van der Waals surface area contributed by atoms with E-state index in [2.05, 4.69) is 4.90 Å². The van der Waals surface area contributed by atoms with E-state index in [1.165, 1.54) is 19.3 Å². The topological polar surface area (TPSA) is 23.6 Å². The fourth-order valence-corrected chi connectivity index (χ4v) is 2.05. The average Bonchev–Trinajstić information content (AvgIpc) is 2.30. The highest BCUT2D eigenvalue weighted by molar-refractivity contribution is 5.80. The number of fused-ring (bicyclic) bond motifs is 1. The SMILES string of the molecule is CN1C(=O)CN2CCCCC21. The van der Waals surface area contributed by atoms with E-state index in [0.717, 1.165) is 6.54 Å². The summed E-state index contributed by atoms with van der Waals surface area (Å²) < 4.78 is 0. The fraction of sp³-hybridized carbons (Fsp3) is 0.875. The Bertz CT molecular complexity index is 181. The number of rotatable bonds is 0. The molecule has 0 aromatic rings. The van der Waals surface area contributed by atoms with Crippen molar-refractivity contribution in [1.82, 2.24) is 9.80 Å². The van der Waals surface area contributed by atoms with E-state index < -0.39 is 0 Å². The molecule has 2 fully saturated rings. The molecule has 11 heavy (non-hydrogen) atoms. The molecule has 0 aliphatic carbocycles. The summed E-state index contributed by atoms with van der Waals surface area (Å²) in [6, 6.07) is 0. The van der Waals surface area contributed by atoms with E-state index in [-0.39, 0.29) is 5.91 Å².